The Bertz CT molecular complexity index is 1670. The van der Waals surface area contributed by atoms with Crippen molar-refractivity contribution in [2.24, 2.45) is 0 Å². The summed E-state index contributed by atoms with van der Waals surface area (Å²) in [6, 6.07) is 44.3. The molecule has 0 saturated heterocycles. The van der Waals surface area contributed by atoms with Gasteiger partial charge in [-0.2, -0.15) is 0 Å². The van der Waals surface area contributed by atoms with Crippen LogP contribution in [0.2, 0.25) is 0 Å². The van der Waals surface area contributed by atoms with Crippen molar-refractivity contribution in [3.63, 3.8) is 0 Å². The fourth-order valence-electron chi connectivity index (χ4n) is 5.67. The van der Waals surface area contributed by atoms with E-state index in [1.165, 1.54) is 55.9 Å². The predicted molar refractivity (Wildman–Crippen MR) is 207 cm³/mol. The van der Waals surface area contributed by atoms with Crippen molar-refractivity contribution in [2.45, 2.75) is 74.7 Å². The van der Waals surface area contributed by atoms with Crippen LogP contribution in [0.4, 0.5) is 17.1 Å². The van der Waals surface area contributed by atoms with Gasteiger partial charge in [0.05, 0.1) is 5.69 Å². The molecule has 0 amide bonds. The van der Waals surface area contributed by atoms with Crippen molar-refractivity contribution >= 4 is 22.6 Å². The molecule has 0 aliphatic heterocycles. The molecule has 1 nitrogen and oxygen atoms in total. The second kappa shape index (κ2) is 18.4. The quantitative estimate of drug-likeness (QED) is 0.151. The van der Waals surface area contributed by atoms with Crippen LogP contribution in [-0.4, -0.2) is 0 Å². The standard InChI is InChI=1S/C41H41N.2C2H6/c1-6-15-31(7-2)36-21-20-32(8-3)40(28-36)42(38-25-22-35(23-26-38)33-16-11-9-12-17-33)41-29-37(24-27-39(41)30(4)5)34-18-13-10-14-19-34;2*1-2/h6-7,9-30H,8H2,1-5H3;2*1-2H3/b15-6-,31-7+;;. The van der Waals surface area contributed by atoms with Gasteiger partial charge < -0.3 is 4.90 Å². The van der Waals surface area contributed by atoms with Gasteiger partial charge in [0.1, 0.15) is 0 Å². The van der Waals surface area contributed by atoms with Gasteiger partial charge in [0.2, 0.25) is 0 Å². The summed E-state index contributed by atoms with van der Waals surface area (Å²) < 4.78 is 0. The number of anilines is 3. The van der Waals surface area contributed by atoms with Crippen molar-refractivity contribution < 1.29 is 0 Å². The number of aryl methyl sites for hydroxylation is 1. The van der Waals surface area contributed by atoms with Gasteiger partial charge in [0.25, 0.3) is 0 Å². The Morgan fingerprint density at radius 2 is 1.15 bits per heavy atom. The van der Waals surface area contributed by atoms with Crippen LogP contribution >= 0.6 is 0 Å². The summed E-state index contributed by atoms with van der Waals surface area (Å²) in [6.07, 6.45) is 7.44. The first-order chi connectivity index (χ1) is 22.5. The molecular formula is C45H53N. The molecule has 0 aliphatic rings. The lowest BCUT2D eigenvalue weighted by Gasteiger charge is -2.31. The Morgan fingerprint density at radius 1 is 0.609 bits per heavy atom. The third-order valence-corrected chi connectivity index (χ3v) is 7.93. The number of allylic oxidation sites excluding steroid dienone is 4. The van der Waals surface area contributed by atoms with Crippen LogP contribution in [0, 0.1) is 0 Å². The second-order valence-corrected chi connectivity index (χ2v) is 11.0. The van der Waals surface area contributed by atoms with E-state index in [1.54, 1.807) is 0 Å². The highest BCUT2D eigenvalue weighted by atomic mass is 15.1. The summed E-state index contributed by atoms with van der Waals surface area (Å²) in [5.74, 6) is 0.360. The van der Waals surface area contributed by atoms with Crippen LogP contribution in [0.25, 0.3) is 27.8 Å². The Morgan fingerprint density at radius 3 is 1.67 bits per heavy atom. The first-order valence-corrected chi connectivity index (χ1v) is 17.1. The molecular weight excluding hydrogens is 555 g/mol. The highest BCUT2D eigenvalue weighted by molar-refractivity contribution is 5.86. The molecule has 0 heterocycles. The van der Waals surface area contributed by atoms with Crippen molar-refractivity contribution in [1.82, 2.24) is 0 Å². The van der Waals surface area contributed by atoms with Crippen molar-refractivity contribution in [1.29, 1.82) is 0 Å². The highest BCUT2D eigenvalue weighted by Crippen LogP contribution is 2.44. The fourth-order valence-corrected chi connectivity index (χ4v) is 5.67. The number of rotatable bonds is 9. The Kier molecular flexibility index (Phi) is 14.3. The molecule has 5 rings (SSSR count). The monoisotopic (exact) mass is 607 g/mol. The molecule has 5 aromatic carbocycles. The topological polar surface area (TPSA) is 3.24 Å². The minimum absolute atomic E-state index is 0.360. The van der Waals surface area contributed by atoms with E-state index in [1.807, 2.05) is 27.7 Å². The third-order valence-electron chi connectivity index (χ3n) is 7.93. The van der Waals surface area contributed by atoms with Crippen LogP contribution in [0.5, 0.6) is 0 Å². The molecule has 46 heavy (non-hydrogen) atoms. The van der Waals surface area contributed by atoms with Gasteiger partial charge in [-0.3, -0.25) is 0 Å². The summed E-state index contributed by atoms with van der Waals surface area (Å²) in [5.41, 5.74) is 13.6. The van der Waals surface area contributed by atoms with Crippen molar-refractivity contribution in [3.05, 3.63) is 156 Å². The minimum atomic E-state index is 0.360. The molecule has 0 N–H and O–H groups in total. The van der Waals surface area contributed by atoms with Crippen LogP contribution in [-0.2, 0) is 6.42 Å². The van der Waals surface area contributed by atoms with Crippen LogP contribution in [0.1, 0.15) is 84.9 Å². The van der Waals surface area contributed by atoms with E-state index in [0.29, 0.717) is 5.92 Å². The molecule has 238 valence electrons. The normalized spacial score (nSPS) is 11.0. The van der Waals surface area contributed by atoms with Crippen LogP contribution in [0.3, 0.4) is 0 Å². The van der Waals surface area contributed by atoms with Gasteiger partial charge in [0, 0.05) is 11.4 Å². The fraction of sp³-hybridized carbons (Fsp3) is 0.244. The van der Waals surface area contributed by atoms with E-state index in [-0.39, 0.29) is 0 Å². The van der Waals surface area contributed by atoms with E-state index in [9.17, 15) is 0 Å². The van der Waals surface area contributed by atoms with Crippen LogP contribution < -0.4 is 4.90 Å². The zero-order valence-electron chi connectivity index (χ0n) is 29.5. The van der Waals surface area contributed by atoms with E-state index in [0.717, 1.165) is 12.1 Å². The lowest BCUT2D eigenvalue weighted by Crippen LogP contribution is -2.15. The molecule has 0 aromatic heterocycles. The summed E-state index contributed by atoms with van der Waals surface area (Å²) in [4.78, 5) is 2.49. The molecule has 0 radical (unpaired) electrons. The maximum Gasteiger partial charge on any atom is 0.0502 e. The number of hydrogen-bond acceptors (Lipinski definition) is 1. The molecule has 0 spiro atoms. The van der Waals surface area contributed by atoms with Crippen molar-refractivity contribution in [3.8, 4) is 22.3 Å². The Labute approximate surface area is 280 Å². The molecule has 0 saturated carbocycles. The lowest BCUT2D eigenvalue weighted by molar-refractivity contribution is 0.864. The Hall–Kier alpha value is -4.62. The molecule has 0 fully saturated rings. The van der Waals surface area contributed by atoms with Crippen molar-refractivity contribution in [2.75, 3.05) is 4.90 Å². The number of benzene rings is 5. The maximum atomic E-state index is 2.49. The Balaban J connectivity index is 0.00000139. The summed E-state index contributed by atoms with van der Waals surface area (Å²) in [5, 5.41) is 0. The number of hydrogen-bond donors (Lipinski definition) is 0. The predicted octanol–water partition coefficient (Wildman–Crippen LogP) is 14.2. The average Bonchev–Trinajstić information content (AvgIpc) is 3.13. The van der Waals surface area contributed by atoms with Gasteiger partial charge in [0.15, 0.2) is 0 Å². The van der Waals surface area contributed by atoms with Crippen LogP contribution in [0.15, 0.2) is 140 Å². The zero-order valence-corrected chi connectivity index (χ0v) is 29.5. The molecule has 0 bridgehead atoms. The van der Waals surface area contributed by atoms with E-state index < -0.39 is 0 Å². The minimum Gasteiger partial charge on any atom is -0.310 e. The largest absolute Gasteiger partial charge is 0.310 e. The summed E-state index contributed by atoms with van der Waals surface area (Å²) in [7, 11) is 0. The molecule has 5 aromatic rings. The molecule has 0 unspecified atom stereocenters. The highest BCUT2D eigenvalue weighted by Gasteiger charge is 2.22. The SMILES string of the molecule is C/C=C\C(=C/C)c1ccc(CC)c(N(c2ccc(-c3ccccc3)cc2)c2cc(-c3ccccc3)ccc2C(C)C)c1.CC.CC. The van der Waals surface area contributed by atoms with Gasteiger partial charge in [-0.15, -0.1) is 0 Å². The third kappa shape index (κ3) is 8.55. The molecule has 0 atom stereocenters. The zero-order chi connectivity index (χ0) is 33.5. The average molecular weight is 608 g/mol. The van der Waals surface area contributed by atoms with E-state index in [2.05, 4.69) is 179 Å². The number of nitrogens with zero attached hydrogens (tertiary/aromatic N) is 1. The van der Waals surface area contributed by atoms with Gasteiger partial charge in [-0.1, -0.05) is 164 Å². The van der Waals surface area contributed by atoms with Gasteiger partial charge in [-0.05, 0) is 95.0 Å². The summed E-state index contributed by atoms with van der Waals surface area (Å²) >= 11 is 0. The van der Waals surface area contributed by atoms with Gasteiger partial charge >= 0.3 is 0 Å². The lowest BCUT2D eigenvalue weighted by atomic mass is 9.93. The first-order valence-electron chi connectivity index (χ1n) is 17.1. The molecule has 0 aliphatic carbocycles. The first kappa shape index (κ1) is 35.9. The van der Waals surface area contributed by atoms with Gasteiger partial charge in [-0.25, -0.2) is 0 Å². The maximum absolute atomic E-state index is 2.49. The summed E-state index contributed by atoms with van der Waals surface area (Å²) in [6.45, 7) is 19.0. The second-order valence-electron chi connectivity index (χ2n) is 11.0. The molecule has 1 heteroatoms. The van der Waals surface area contributed by atoms with E-state index >= 15 is 0 Å². The van der Waals surface area contributed by atoms with E-state index in [4.69, 9.17) is 0 Å². The smallest absolute Gasteiger partial charge is 0.0502 e.